The Hall–Kier alpha value is -1.13. The van der Waals surface area contributed by atoms with E-state index in [-0.39, 0.29) is 0 Å². The predicted octanol–water partition coefficient (Wildman–Crippen LogP) is 2.78. The number of aromatic nitrogens is 2. The molecule has 0 unspecified atom stereocenters. The van der Waals surface area contributed by atoms with Crippen LogP contribution in [0.25, 0.3) is 11.0 Å². The molecule has 0 atom stereocenters. The van der Waals surface area contributed by atoms with Crippen molar-refractivity contribution in [2.24, 2.45) is 0 Å². The Morgan fingerprint density at radius 3 is 3.12 bits per heavy atom. The number of nitrogens with zero attached hydrogens (tertiary/aromatic N) is 2. The highest BCUT2D eigenvalue weighted by atomic mass is 32.1. The van der Waals surface area contributed by atoms with Gasteiger partial charge in [0.05, 0.1) is 11.4 Å². The molecule has 4 heteroatoms. The summed E-state index contributed by atoms with van der Waals surface area (Å²) in [5.74, 6) is 0. The molecule has 3 rings (SSSR count). The highest BCUT2D eigenvalue weighted by Crippen LogP contribution is 2.21. The van der Waals surface area contributed by atoms with Crippen molar-refractivity contribution in [2.75, 3.05) is 6.54 Å². The Morgan fingerprint density at radius 2 is 2.35 bits per heavy atom. The number of aryl methyl sites for hydroxylation is 2. The Morgan fingerprint density at radius 1 is 1.53 bits per heavy atom. The maximum Gasteiger partial charge on any atom is 0.194 e. The second-order valence-corrected chi connectivity index (χ2v) is 5.87. The molecule has 0 spiro atoms. The first-order valence-electron chi connectivity index (χ1n) is 6.09. The molecule has 0 aromatic carbocycles. The summed E-state index contributed by atoms with van der Waals surface area (Å²) >= 11 is 1.74. The van der Waals surface area contributed by atoms with E-state index in [1.807, 2.05) is 0 Å². The number of hydrogen-bond donors (Lipinski definition) is 1. The van der Waals surface area contributed by atoms with Crippen molar-refractivity contribution >= 4 is 22.4 Å². The molecule has 2 aromatic heterocycles. The van der Waals surface area contributed by atoms with Gasteiger partial charge in [0.2, 0.25) is 0 Å². The maximum atomic E-state index is 4.57. The number of fused-ring (bicyclic) bond motifs is 1. The van der Waals surface area contributed by atoms with Crippen LogP contribution < -0.4 is 5.32 Å². The van der Waals surface area contributed by atoms with Crippen LogP contribution in [-0.4, -0.2) is 22.0 Å². The highest BCUT2D eigenvalue weighted by molar-refractivity contribution is 7.17. The third-order valence-corrected chi connectivity index (χ3v) is 3.94. The van der Waals surface area contributed by atoms with Gasteiger partial charge in [-0.15, -0.1) is 11.3 Å². The van der Waals surface area contributed by atoms with E-state index in [1.165, 1.54) is 23.4 Å². The minimum absolute atomic E-state index is 0.773. The molecule has 1 aliphatic carbocycles. The molecule has 3 nitrogen and oxygen atoms in total. The van der Waals surface area contributed by atoms with Crippen LogP contribution in [0.3, 0.4) is 0 Å². The zero-order valence-electron chi connectivity index (χ0n) is 10.2. The average molecular weight is 247 g/mol. The topological polar surface area (TPSA) is 29.3 Å². The molecular formula is C13H17N3S. The van der Waals surface area contributed by atoms with Crippen LogP contribution >= 0.6 is 11.3 Å². The SMILES string of the molecule is Cc1cn2c(C=CCNC3CC3)c(C)nc2s1. The molecule has 1 N–H and O–H groups in total. The summed E-state index contributed by atoms with van der Waals surface area (Å²) in [6.45, 7) is 5.15. The number of imidazole rings is 1. The van der Waals surface area contributed by atoms with Gasteiger partial charge < -0.3 is 5.32 Å². The number of rotatable bonds is 4. The van der Waals surface area contributed by atoms with Gasteiger partial charge in [0, 0.05) is 23.7 Å². The molecule has 0 radical (unpaired) electrons. The maximum absolute atomic E-state index is 4.57. The summed E-state index contributed by atoms with van der Waals surface area (Å²) in [6.07, 6.45) is 9.22. The summed E-state index contributed by atoms with van der Waals surface area (Å²) in [6, 6.07) is 0.773. The summed E-state index contributed by atoms with van der Waals surface area (Å²) in [7, 11) is 0. The lowest BCUT2D eigenvalue weighted by molar-refractivity contribution is 0.754. The summed E-state index contributed by atoms with van der Waals surface area (Å²) in [5, 5.41) is 3.48. The number of nitrogens with one attached hydrogen (secondary N) is 1. The van der Waals surface area contributed by atoms with E-state index < -0.39 is 0 Å². The Balaban J connectivity index is 1.79. The Bertz CT molecular complexity index is 560. The lowest BCUT2D eigenvalue weighted by Crippen LogP contribution is -2.15. The minimum Gasteiger partial charge on any atom is -0.311 e. The first kappa shape index (κ1) is 11.0. The normalized spacial score (nSPS) is 16.4. The summed E-state index contributed by atoms with van der Waals surface area (Å²) < 4.78 is 2.18. The Kier molecular flexibility index (Phi) is 2.76. The van der Waals surface area contributed by atoms with Gasteiger partial charge >= 0.3 is 0 Å². The fraction of sp³-hybridized carbons (Fsp3) is 0.462. The Labute approximate surface area is 105 Å². The number of hydrogen-bond acceptors (Lipinski definition) is 3. The molecule has 0 bridgehead atoms. The molecule has 0 amide bonds. The van der Waals surface area contributed by atoms with Gasteiger partial charge in [-0.25, -0.2) is 4.98 Å². The fourth-order valence-corrected chi connectivity index (χ4v) is 2.85. The van der Waals surface area contributed by atoms with Crippen molar-refractivity contribution < 1.29 is 0 Å². The first-order valence-corrected chi connectivity index (χ1v) is 6.91. The molecule has 1 aliphatic rings. The van der Waals surface area contributed by atoms with Gasteiger partial charge in [-0.05, 0) is 32.8 Å². The van der Waals surface area contributed by atoms with Gasteiger partial charge in [0.15, 0.2) is 4.96 Å². The standard InChI is InChI=1S/C13H17N3S/c1-9-8-16-12(10(2)15-13(16)17-9)4-3-7-14-11-5-6-11/h3-4,8,11,14H,5-7H2,1-2H3. The summed E-state index contributed by atoms with van der Waals surface area (Å²) in [5.41, 5.74) is 2.32. The minimum atomic E-state index is 0.773. The van der Waals surface area contributed by atoms with E-state index in [0.29, 0.717) is 0 Å². The van der Waals surface area contributed by atoms with E-state index in [2.05, 4.69) is 46.9 Å². The van der Waals surface area contributed by atoms with Crippen molar-refractivity contribution in [1.82, 2.24) is 14.7 Å². The van der Waals surface area contributed by atoms with E-state index in [4.69, 9.17) is 0 Å². The third kappa shape index (κ3) is 2.28. The zero-order valence-corrected chi connectivity index (χ0v) is 11.0. The monoisotopic (exact) mass is 247 g/mol. The van der Waals surface area contributed by atoms with Gasteiger partial charge in [-0.1, -0.05) is 6.08 Å². The van der Waals surface area contributed by atoms with Gasteiger partial charge in [0.1, 0.15) is 0 Å². The van der Waals surface area contributed by atoms with Crippen LogP contribution in [0.5, 0.6) is 0 Å². The number of thiazole rings is 1. The largest absolute Gasteiger partial charge is 0.311 e. The van der Waals surface area contributed by atoms with Gasteiger partial charge in [-0.3, -0.25) is 4.40 Å². The van der Waals surface area contributed by atoms with Crippen molar-refractivity contribution in [3.05, 3.63) is 28.5 Å². The lowest BCUT2D eigenvalue weighted by Gasteiger charge is -1.96. The van der Waals surface area contributed by atoms with Crippen LogP contribution in [0.15, 0.2) is 12.3 Å². The van der Waals surface area contributed by atoms with Crippen LogP contribution in [-0.2, 0) is 0 Å². The van der Waals surface area contributed by atoms with Crippen molar-refractivity contribution in [1.29, 1.82) is 0 Å². The molecule has 0 aliphatic heterocycles. The predicted molar refractivity (Wildman–Crippen MR) is 72.6 cm³/mol. The van der Waals surface area contributed by atoms with Crippen molar-refractivity contribution in [3.8, 4) is 0 Å². The van der Waals surface area contributed by atoms with Crippen molar-refractivity contribution in [3.63, 3.8) is 0 Å². The molecule has 0 saturated heterocycles. The summed E-state index contributed by atoms with van der Waals surface area (Å²) in [4.78, 5) is 6.97. The van der Waals surface area contributed by atoms with Crippen LogP contribution in [0, 0.1) is 13.8 Å². The lowest BCUT2D eigenvalue weighted by atomic mass is 10.3. The molecule has 1 saturated carbocycles. The van der Waals surface area contributed by atoms with Crippen LogP contribution in [0.2, 0.25) is 0 Å². The zero-order chi connectivity index (χ0) is 11.8. The highest BCUT2D eigenvalue weighted by Gasteiger charge is 2.19. The van der Waals surface area contributed by atoms with E-state index >= 15 is 0 Å². The molecule has 17 heavy (non-hydrogen) atoms. The second-order valence-electron chi connectivity index (χ2n) is 4.66. The molecule has 90 valence electrons. The van der Waals surface area contributed by atoms with Gasteiger partial charge in [-0.2, -0.15) is 0 Å². The van der Waals surface area contributed by atoms with Gasteiger partial charge in [0.25, 0.3) is 0 Å². The molecule has 2 aromatic rings. The fourth-order valence-electron chi connectivity index (χ4n) is 1.97. The molecular weight excluding hydrogens is 230 g/mol. The van der Waals surface area contributed by atoms with Crippen LogP contribution in [0.1, 0.15) is 29.1 Å². The second kappa shape index (κ2) is 4.27. The van der Waals surface area contributed by atoms with Crippen LogP contribution in [0.4, 0.5) is 0 Å². The smallest absolute Gasteiger partial charge is 0.194 e. The quantitative estimate of drug-likeness (QED) is 0.900. The van der Waals surface area contributed by atoms with Crippen molar-refractivity contribution in [2.45, 2.75) is 32.7 Å². The van der Waals surface area contributed by atoms with E-state index in [9.17, 15) is 0 Å². The molecule has 1 fully saturated rings. The molecule has 2 heterocycles. The third-order valence-electron chi connectivity index (χ3n) is 3.04. The first-order chi connectivity index (χ1) is 8.24. The van der Waals surface area contributed by atoms with E-state index in [1.54, 1.807) is 11.3 Å². The van der Waals surface area contributed by atoms with E-state index in [0.717, 1.165) is 23.2 Å². The average Bonchev–Trinajstić information content (AvgIpc) is 2.97.